The summed E-state index contributed by atoms with van der Waals surface area (Å²) in [5.74, 6) is 0.749. The van der Waals surface area contributed by atoms with Gasteiger partial charge in [0.05, 0.1) is 0 Å². The van der Waals surface area contributed by atoms with E-state index in [4.69, 9.17) is 17.2 Å². The summed E-state index contributed by atoms with van der Waals surface area (Å²) < 4.78 is 0. The minimum Gasteiger partial charge on any atom is -0.393 e. The molecule has 88 valence electrons. The number of nitrogens with two attached hydrogens (primary N) is 3. The lowest BCUT2D eigenvalue weighted by Crippen LogP contribution is -2.10. The van der Waals surface area contributed by atoms with Crippen LogP contribution in [0.1, 0.15) is 5.56 Å². The Hall–Kier alpha value is -2.50. The molecule has 0 aliphatic rings. The van der Waals surface area contributed by atoms with Crippen LogP contribution in [0.3, 0.4) is 0 Å². The zero-order valence-electron chi connectivity index (χ0n) is 9.22. The fraction of sp³-hybridized carbons (Fsp3) is 0.0909. The quantitative estimate of drug-likeness (QED) is 0.620. The highest BCUT2D eigenvalue weighted by atomic mass is 15.1. The summed E-state index contributed by atoms with van der Waals surface area (Å²) in [6, 6.07) is 9.88. The molecule has 2 aromatic rings. The summed E-state index contributed by atoms with van der Waals surface area (Å²) in [5, 5.41) is 3.03. The molecule has 0 spiro atoms. The fourth-order valence-corrected chi connectivity index (χ4v) is 1.36. The first-order valence-electron chi connectivity index (χ1n) is 5.13. The van der Waals surface area contributed by atoms with Crippen LogP contribution < -0.4 is 22.5 Å². The average Bonchev–Trinajstić information content (AvgIpc) is 2.34. The lowest BCUT2D eigenvalue weighted by molar-refractivity contribution is 1.06. The summed E-state index contributed by atoms with van der Waals surface area (Å²) in [6.45, 7) is 0.601. The number of nitrogen functional groups attached to an aromatic ring is 3. The maximum Gasteiger partial charge on any atom is 0.227 e. The van der Waals surface area contributed by atoms with E-state index in [-0.39, 0.29) is 17.3 Å². The van der Waals surface area contributed by atoms with E-state index < -0.39 is 0 Å². The van der Waals surface area contributed by atoms with Crippen LogP contribution in [0.2, 0.25) is 0 Å². The van der Waals surface area contributed by atoms with Gasteiger partial charge in [0.15, 0.2) is 11.6 Å². The number of hydrogen-bond acceptors (Lipinski definition) is 6. The maximum absolute atomic E-state index is 5.59. The lowest BCUT2D eigenvalue weighted by Gasteiger charge is -2.08. The van der Waals surface area contributed by atoms with Crippen LogP contribution in [0.25, 0.3) is 0 Å². The zero-order chi connectivity index (χ0) is 12.3. The molecule has 0 aliphatic carbocycles. The third kappa shape index (κ3) is 2.54. The molecule has 0 fully saturated rings. The van der Waals surface area contributed by atoms with Crippen molar-refractivity contribution < 1.29 is 0 Å². The first-order chi connectivity index (χ1) is 8.16. The van der Waals surface area contributed by atoms with Gasteiger partial charge in [0, 0.05) is 6.54 Å². The van der Waals surface area contributed by atoms with Gasteiger partial charge in [-0.05, 0) is 5.56 Å². The molecule has 1 aromatic carbocycles. The summed E-state index contributed by atoms with van der Waals surface area (Å²) in [5.41, 5.74) is 18.1. The number of benzene rings is 1. The SMILES string of the molecule is Nc1nc(NCc2ccccc2)nc(N)c1N. The minimum atomic E-state index is 0.188. The van der Waals surface area contributed by atoms with Gasteiger partial charge in [0.1, 0.15) is 5.69 Å². The summed E-state index contributed by atoms with van der Waals surface area (Å²) in [4.78, 5) is 8.00. The minimum absolute atomic E-state index is 0.188. The Morgan fingerprint density at radius 2 is 1.53 bits per heavy atom. The highest BCUT2D eigenvalue weighted by Crippen LogP contribution is 2.19. The van der Waals surface area contributed by atoms with Gasteiger partial charge in [-0.2, -0.15) is 9.97 Å². The number of aromatic nitrogens is 2. The van der Waals surface area contributed by atoms with Crippen molar-refractivity contribution >= 4 is 23.3 Å². The molecule has 17 heavy (non-hydrogen) atoms. The van der Waals surface area contributed by atoms with E-state index >= 15 is 0 Å². The van der Waals surface area contributed by atoms with Crippen molar-refractivity contribution in [3.63, 3.8) is 0 Å². The molecule has 0 saturated carbocycles. The molecule has 0 aliphatic heterocycles. The summed E-state index contributed by atoms with van der Waals surface area (Å²) >= 11 is 0. The van der Waals surface area contributed by atoms with E-state index in [9.17, 15) is 0 Å². The third-order valence-electron chi connectivity index (χ3n) is 2.30. The highest BCUT2D eigenvalue weighted by molar-refractivity contribution is 5.72. The molecule has 0 saturated heterocycles. The van der Waals surface area contributed by atoms with Crippen molar-refractivity contribution in [1.82, 2.24) is 9.97 Å². The Kier molecular flexibility index (Phi) is 2.95. The standard InChI is InChI=1S/C11H14N6/c12-8-9(13)16-11(17-10(8)14)15-6-7-4-2-1-3-5-7/h1-5H,6,12H2,(H5,13,14,15,16,17). The van der Waals surface area contributed by atoms with Crippen LogP contribution in [0.4, 0.5) is 23.3 Å². The molecule has 6 nitrogen and oxygen atoms in total. The average molecular weight is 230 g/mol. The molecule has 0 amide bonds. The van der Waals surface area contributed by atoms with Crippen LogP contribution in [0.5, 0.6) is 0 Å². The van der Waals surface area contributed by atoms with Gasteiger partial charge in [-0.1, -0.05) is 30.3 Å². The van der Waals surface area contributed by atoms with Crippen LogP contribution in [0, 0.1) is 0 Å². The van der Waals surface area contributed by atoms with Crippen molar-refractivity contribution in [3.8, 4) is 0 Å². The van der Waals surface area contributed by atoms with Gasteiger partial charge < -0.3 is 22.5 Å². The molecular weight excluding hydrogens is 216 g/mol. The van der Waals surface area contributed by atoms with Crippen LogP contribution >= 0.6 is 0 Å². The molecule has 0 radical (unpaired) electrons. The first kappa shape index (κ1) is 11.0. The predicted octanol–water partition coefficient (Wildman–Crippen LogP) is 0.835. The Bertz CT molecular complexity index is 488. The second-order valence-electron chi connectivity index (χ2n) is 3.57. The van der Waals surface area contributed by atoms with Crippen LogP contribution in [-0.2, 0) is 6.54 Å². The van der Waals surface area contributed by atoms with Crippen molar-refractivity contribution in [1.29, 1.82) is 0 Å². The van der Waals surface area contributed by atoms with Crippen molar-refractivity contribution in [2.24, 2.45) is 0 Å². The van der Waals surface area contributed by atoms with Crippen LogP contribution in [0.15, 0.2) is 30.3 Å². The fourth-order valence-electron chi connectivity index (χ4n) is 1.36. The van der Waals surface area contributed by atoms with E-state index in [1.807, 2.05) is 30.3 Å². The van der Waals surface area contributed by atoms with Gasteiger partial charge in [0.25, 0.3) is 0 Å². The number of anilines is 4. The number of nitrogens with zero attached hydrogens (tertiary/aromatic N) is 2. The second-order valence-corrected chi connectivity index (χ2v) is 3.57. The predicted molar refractivity (Wildman–Crippen MR) is 69.0 cm³/mol. The Morgan fingerprint density at radius 3 is 2.12 bits per heavy atom. The van der Waals surface area contributed by atoms with Gasteiger partial charge in [-0.3, -0.25) is 0 Å². The van der Waals surface area contributed by atoms with Gasteiger partial charge >= 0.3 is 0 Å². The Balaban J connectivity index is 2.10. The monoisotopic (exact) mass is 230 g/mol. The van der Waals surface area contributed by atoms with E-state index in [1.165, 1.54) is 0 Å². The largest absolute Gasteiger partial charge is 0.393 e. The molecule has 0 atom stereocenters. The van der Waals surface area contributed by atoms with Crippen molar-refractivity contribution in [2.45, 2.75) is 6.54 Å². The molecule has 1 heterocycles. The molecule has 6 heteroatoms. The molecule has 1 aromatic heterocycles. The molecule has 7 N–H and O–H groups in total. The Labute approximate surface area is 98.9 Å². The second kappa shape index (κ2) is 4.56. The van der Waals surface area contributed by atoms with Gasteiger partial charge in [-0.15, -0.1) is 0 Å². The molecule has 2 rings (SSSR count). The van der Waals surface area contributed by atoms with Gasteiger partial charge in [-0.25, -0.2) is 0 Å². The number of rotatable bonds is 3. The van der Waals surface area contributed by atoms with Gasteiger partial charge in [0.2, 0.25) is 5.95 Å². The zero-order valence-corrected chi connectivity index (χ0v) is 9.22. The highest BCUT2D eigenvalue weighted by Gasteiger charge is 2.05. The maximum atomic E-state index is 5.59. The summed E-state index contributed by atoms with van der Waals surface area (Å²) in [6.07, 6.45) is 0. The van der Waals surface area contributed by atoms with Crippen molar-refractivity contribution in [2.75, 3.05) is 22.5 Å². The molecule has 0 unspecified atom stereocenters. The van der Waals surface area contributed by atoms with Crippen molar-refractivity contribution in [3.05, 3.63) is 35.9 Å². The molecular formula is C11H14N6. The number of nitrogens with one attached hydrogen (secondary N) is 1. The summed E-state index contributed by atoms with van der Waals surface area (Å²) in [7, 11) is 0. The smallest absolute Gasteiger partial charge is 0.227 e. The lowest BCUT2D eigenvalue weighted by atomic mass is 10.2. The molecule has 0 bridgehead atoms. The normalized spacial score (nSPS) is 10.1. The van der Waals surface area contributed by atoms with E-state index in [2.05, 4.69) is 15.3 Å². The first-order valence-corrected chi connectivity index (χ1v) is 5.13. The Morgan fingerprint density at radius 1 is 0.941 bits per heavy atom. The topological polar surface area (TPSA) is 116 Å². The van der Waals surface area contributed by atoms with Crippen LogP contribution in [-0.4, -0.2) is 9.97 Å². The third-order valence-corrected chi connectivity index (χ3v) is 2.30. The van der Waals surface area contributed by atoms with E-state index in [1.54, 1.807) is 0 Å². The number of hydrogen-bond donors (Lipinski definition) is 4. The van der Waals surface area contributed by atoms with E-state index in [0.717, 1.165) is 5.56 Å². The van der Waals surface area contributed by atoms with E-state index in [0.29, 0.717) is 12.5 Å².